The third-order valence-electron chi connectivity index (χ3n) is 5.01. The van der Waals surface area contributed by atoms with Gasteiger partial charge < -0.3 is 29.1 Å². The number of hydrogen-bond acceptors (Lipinski definition) is 6. The van der Waals surface area contributed by atoms with Gasteiger partial charge in [0.15, 0.2) is 0 Å². The molecule has 2 saturated heterocycles. The minimum absolute atomic E-state index is 0.0153. The quantitative estimate of drug-likeness (QED) is 0.787. The molecule has 1 N–H and O–H groups in total. The summed E-state index contributed by atoms with van der Waals surface area (Å²) in [6, 6.07) is 7.17. The van der Waals surface area contributed by atoms with Gasteiger partial charge in [0.1, 0.15) is 18.5 Å². The number of carbonyl (C=O) groups excluding carboxylic acids is 2. The molecule has 0 spiro atoms. The normalized spacial score (nSPS) is 21.3. The van der Waals surface area contributed by atoms with Crippen LogP contribution in [0.25, 0.3) is 0 Å². The van der Waals surface area contributed by atoms with Crippen LogP contribution in [-0.2, 0) is 14.3 Å². The Morgan fingerprint density at radius 3 is 2.68 bits per heavy atom. The van der Waals surface area contributed by atoms with Crippen LogP contribution in [-0.4, -0.2) is 92.0 Å². The minimum atomic E-state index is -0.687. The number of β-amino-alcohol motifs (C(OH)–C–C–N with tert-alkyl or cyclic N) is 1. The van der Waals surface area contributed by atoms with E-state index in [0.29, 0.717) is 50.4 Å². The fourth-order valence-corrected chi connectivity index (χ4v) is 3.51. The van der Waals surface area contributed by atoms with Crippen LogP contribution >= 0.6 is 0 Å². The average Bonchev–Trinajstić information content (AvgIpc) is 2.93. The Morgan fingerprint density at radius 1 is 1.18 bits per heavy atom. The lowest BCUT2D eigenvalue weighted by Gasteiger charge is -2.32. The molecule has 3 rings (SSSR count). The van der Waals surface area contributed by atoms with Gasteiger partial charge in [-0.25, -0.2) is 0 Å². The number of hydrogen-bond donors (Lipinski definition) is 1. The summed E-state index contributed by atoms with van der Waals surface area (Å²) in [5, 5.41) is 9.90. The van der Waals surface area contributed by atoms with Gasteiger partial charge in [0.25, 0.3) is 5.91 Å². The number of ether oxygens (including phenoxy) is 3. The van der Waals surface area contributed by atoms with E-state index in [1.54, 1.807) is 28.0 Å². The lowest BCUT2D eigenvalue weighted by molar-refractivity contribution is -0.136. The Morgan fingerprint density at radius 2 is 1.93 bits per heavy atom. The maximum absolute atomic E-state index is 13.0. The minimum Gasteiger partial charge on any atom is -0.489 e. The van der Waals surface area contributed by atoms with E-state index in [2.05, 4.69) is 0 Å². The number of para-hydroxylation sites is 1. The smallest absolute Gasteiger partial charge is 0.257 e. The van der Waals surface area contributed by atoms with E-state index >= 15 is 0 Å². The number of piperidine rings is 1. The van der Waals surface area contributed by atoms with Crippen molar-refractivity contribution in [3.8, 4) is 5.75 Å². The highest BCUT2D eigenvalue weighted by Gasteiger charge is 2.27. The molecule has 0 radical (unpaired) electrons. The Balaban J connectivity index is 1.63. The van der Waals surface area contributed by atoms with Crippen molar-refractivity contribution in [1.82, 2.24) is 9.80 Å². The zero-order valence-corrected chi connectivity index (χ0v) is 16.2. The molecule has 28 heavy (non-hydrogen) atoms. The van der Waals surface area contributed by atoms with Gasteiger partial charge in [-0.2, -0.15) is 0 Å². The second-order valence-corrected chi connectivity index (χ2v) is 7.11. The fraction of sp³-hybridized carbons (Fsp3) is 0.600. The van der Waals surface area contributed by atoms with E-state index in [9.17, 15) is 14.7 Å². The summed E-state index contributed by atoms with van der Waals surface area (Å²) in [7, 11) is 1.51. The number of likely N-dealkylation sites (tertiary alicyclic amines) is 1. The second-order valence-electron chi connectivity index (χ2n) is 7.11. The maximum atomic E-state index is 13.0. The highest BCUT2D eigenvalue weighted by Crippen LogP contribution is 2.25. The first kappa shape index (κ1) is 20.6. The molecule has 2 heterocycles. The summed E-state index contributed by atoms with van der Waals surface area (Å²) in [4.78, 5) is 28.3. The standard InChI is InChI=1S/C20H28N2O6/c1-26-14-19(24)21-8-6-16(7-9-21)28-18-5-3-2-4-17(18)20(25)22-10-11-27-13-15(23)12-22/h2-5,15-16,23H,6-14H2,1H3/t15-/m0/s1. The predicted octanol–water partition coefficient (Wildman–Crippen LogP) is 0.536. The van der Waals surface area contributed by atoms with Crippen molar-refractivity contribution < 1.29 is 28.9 Å². The molecule has 154 valence electrons. The van der Waals surface area contributed by atoms with E-state index in [4.69, 9.17) is 14.2 Å². The van der Waals surface area contributed by atoms with E-state index in [1.165, 1.54) is 7.11 Å². The van der Waals surface area contributed by atoms with Gasteiger partial charge in [-0.15, -0.1) is 0 Å². The highest BCUT2D eigenvalue weighted by atomic mass is 16.5. The van der Waals surface area contributed by atoms with Crippen LogP contribution in [0.3, 0.4) is 0 Å². The topological polar surface area (TPSA) is 88.5 Å². The number of amides is 2. The molecule has 1 aromatic carbocycles. The van der Waals surface area contributed by atoms with Crippen molar-refractivity contribution >= 4 is 11.8 Å². The van der Waals surface area contributed by atoms with Gasteiger partial charge in [0.05, 0.1) is 24.9 Å². The van der Waals surface area contributed by atoms with Crippen LogP contribution in [0.1, 0.15) is 23.2 Å². The van der Waals surface area contributed by atoms with E-state index < -0.39 is 6.10 Å². The molecule has 0 aromatic heterocycles. The molecule has 8 nitrogen and oxygen atoms in total. The molecule has 2 aliphatic rings. The largest absolute Gasteiger partial charge is 0.489 e. The lowest BCUT2D eigenvalue weighted by atomic mass is 10.1. The first-order valence-corrected chi connectivity index (χ1v) is 9.66. The zero-order valence-electron chi connectivity index (χ0n) is 16.2. The molecule has 2 amide bonds. The number of methoxy groups -OCH3 is 1. The number of nitrogens with zero attached hydrogens (tertiary/aromatic N) is 2. The molecule has 1 aromatic rings. The number of rotatable bonds is 5. The third kappa shape index (κ3) is 5.21. The summed E-state index contributed by atoms with van der Waals surface area (Å²) >= 11 is 0. The van der Waals surface area contributed by atoms with Crippen molar-refractivity contribution in [2.24, 2.45) is 0 Å². The zero-order chi connectivity index (χ0) is 19.9. The van der Waals surface area contributed by atoms with Crippen molar-refractivity contribution in [2.45, 2.75) is 25.0 Å². The molecule has 2 fully saturated rings. The maximum Gasteiger partial charge on any atom is 0.257 e. The Bertz CT molecular complexity index is 674. The van der Waals surface area contributed by atoms with Crippen LogP contribution < -0.4 is 4.74 Å². The molecule has 1 atom stereocenters. The van der Waals surface area contributed by atoms with Gasteiger partial charge in [-0.1, -0.05) is 12.1 Å². The molecule has 0 saturated carbocycles. The van der Waals surface area contributed by atoms with Crippen molar-refractivity contribution in [2.75, 3.05) is 53.1 Å². The monoisotopic (exact) mass is 392 g/mol. The second kappa shape index (κ2) is 9.86. The summed E-state index contributed by atoms with van der Waals surface area (Å²) in [6.45, 7) is 2.63. The summed E-state index contributed by atoms with van der Waals surface area (Å²) < 4.78 is 16.3. The molecule has 0 aliphatic carbocycles. The molecule has 2 aliphatic heterocycles. The van der Waals surface area contributed by atoms with Crippen LogP contribution in [0.5, 0.6) is 5.75 Å². The Hall–Kier alpha value is -2.16. The van der Waals surface area contributed by atoms with E-state index in [-0.39, 0.29) is 37.7 Å². The SMILES string of the molecule is COCC(=O)N1CCC(Oc2ccccc2C(=O)N2CCOC[C@@H](O)C2)CC1. The molecular weight excluding hydrogens is 364 g/mol. The van der Waals surface area contributed by atoms with Gasteiger partial charge in [0, 0.05) is 46.1 Å². The van der Waals surface area contributed by atoms with E-state index in [1.807, 2.05) is 6.07 Å². The third-order valence-corrected chi connectivity index (χ3v) is 5.01. The van der Waals surface area contributed by atoms with Gasteiger partial charge in [-0.3, -0.25) is 9.59 Å². The molecular formula is C20H28N2O6. The fourth-order valence-electron chi connectivity index (χ4n) is 3.51. The van der Waals surface area contributed by atoms with Crippen molar-refractivity contribution in [3.05, 3.63) is 29.8 Å². The number of aliphatic hydroxyl groups is 1. The molecule has 8 heteroatoms. The first-order valence-electron chi connectivity index (χ1n) is 9.66. The number of aliphatic hydroxyl groups excluding tert-OH is 1. The van der Waals surface area contributed by atoms with Crippen molar-refractivity contribution in [3.63, 3.8) is 0 Å². The summed E-state index contributed by atoms with van der Waals surface area (Å²) in [5.41, 5.74) is 0.481. The molecule has 0 unspecified atom stereocenters. The molecule has 0 bridgehead atoms. The lowest BCUT2D eigenvalue weighted by Crippen LogP contribution is -2.43. The van der Waals surface area contributed by atoms with Crippen LogP contribution in [0.15, 0.2) is 24.3 Å². The Kier molecular flexibility index (Phi) is 7.24. The predicted molar refractivity (Wildman–Crippen MR) is 101 cm³/mol. The van der Waals surface area contributed by atoms with Gasteiger partial charge in [-0.05, 0) is 12.1 Å². The van der Waals surface area contributed by atoms with Crippen LogP contribution in [0.4, 0.5) is 0 Å². The summed E-state index contributed by atoms with van der Waals surface area (Å²) in [6.07, 6.45) is 0.662. The van der Waals surface area contributed by atoms with Crippen LogP contribution in [0, 0.1) is 0 Å². The van der Waals surface area contributed by atoms with Gasteiger partial charge >= 0.3 is 0 Å². The van der Waals surface area contributed by atoms with Gasteiger partial charge in [0.2, 0.25) is 5.91 Å². The summed E-state index contributed by atoms with van der Waals surface area (Å²) in [5.74, 6) is 0.347. The highest BCUT2D eigenvalue weighted by molar-refractivity contribution is 5.97. The Labute approximate surface area is 165 Å². The van der Waals surface area contributed by atoms with Crippen LogP contribution in [0.2, 0.25) is 0 Å². The average molecular weight is 392 g/mol. The number of carbonyl (C=O) groups is 2. The van der Waals surface area contributed by atoms with E-state index in [0.717, 1.165) is 0 Å². The first-order chi connectivity index (χ1) is 13.6. The van der Waals surface area contributed by atoms with Crippen molar-refractivity contribution in [1.29, 1.82) is 0 Å². The number of benzene rings is 1.